The Balaban J connectivity index is 1.78. The Bertz CT molecular complexity index is 542. The number of anilines is 1. The first-order chi connectivity index (χ1) is 11.5. The number of nitrogens with one attached hydrogen (secondary N) is 1. The van der Waals surface area contributed by atoms with Gasteiger partial charge in [-0.25, -0.2) is 9.78 Å². The number of hydrogen-bond acceptors (Lipinski definition) is 5. The van der Waals surface area contributed by atoms with Gasteiger partial charge in [0.15, 0.2) is 0 Å². The Morgan fingerprint density at radius 2 is 1.96 bits per heavy atom. The van der Waals surface area contributed by atoms with Gasteiger partial charge in [0.2, 0.25) is 5.91 Å². The molecule has 1 amide bonds. The van der Waals surface area contributed by atoms with Crippen LogP contribution < -0.4 is 10.2 Å². The molecule has 0 aromatic carbocycles. The molecule has 0 bridgehead atoms. The lowest BCUT2D eigenvalue weighted by Gasteiger charge is -2.35. The molecule has 1 aliphatic heterocycles. The lowest BCUT2D eigenvalue weighted by molar-refractivity contribution is -0.142. The third-order valence-electron chi connectivity index (χ3n) is 4.05. The van der Waals surface area contributed by atoms with Crippen molar-refractivity contribution in [1.29, 1.82) is 0 Å². The molecule has 0 unspecified atom stereocenters. The minimum Gasteiger partial charge on any atom is -0.480 e. The van der Waals surface area contributed by atoms with Crippen molar-refractivity contribution in [2.75, 3.05) is 37.6 Å². The predicted octanol–water partition coefficient (Wildman–Crippen LogP) is 0.819. The maximum atomic E-state index is 12.1. The Labute approximate surface area is 142 Å². The Hall–Kier alpha value is -2.15. The van der Waals surface area contributed by atoms with E-state index in [9.17, 15) is 14.7 Å². The number of rotatable bonds is 7. The van der Waals surface area contributed by atoms with E-state index in [1.54, 1.807) is 6.20 Å². The molecular formula is C17H26N4O3. The molecule has 0 spiro atoms. The van der Waals surface area contributed by atoms with Crippen LogP contribution in [0.2, 0.25) is 0 Å². The third-order valence-corrected chi connectivity index (χ3v) is 4.05. The van der Waals surface area contributed by atoms with E-state index in [4.69, 9.17) is 0 Å². The zero-order valence-corrected chi connectivity index (χ0v) is 14.3. The number of amides is 1. The van der Waals surface area contributed by atoms with Crippen molar-refractivity contribution in [3.8, 4) is 0 Å². The molecule has 24 heavy (non-hydrogen) atoms. The molecule has 1 aromatic rings. The summed E-state index contributed by atoms with van der Waals surface area (Å²) in [6.07, 6.45) is 2.21. The fraction of sp³-hybridized carbons (Fsp3) is 0.588. The van der Waals surface area contributed by atoms with E-state index in [1.165, 1.54) is 0 Å². The van der Waals surface area contributed by atoms with E-state index in [0.717, 1.165) is 32.0 Å². The zero-order valence-electron chi connectivity index (χ0n) is 14.3. The molecule has 1 aliphatic rings. The lowest BCUT2D eigenvalue weighted by atomic mass is 10.0. The van der Waals surface area contributed by atoms with Gasteiger partial charge in [0.1, 0.15) is 11.9 Å². The molecule has 2 N–H and O–H groups in total. The summed E-state index contributed by atoms with van der Waals surface area (Å²) in [7, 11) is 0. The number of pyridine rings is 1. The summed E-state index contributed by atoms with van der Waals surface area (Å²) in [5.41, 5.74) is 0. The number of carboxylic acids is 1. The number of aliphatic carboxylic acids is 1. The highest BCUT2D eigenvalue weighted by Gasteiger charge is 2.24. The van der Waals surface area contributed by atoms with Crippen LogP contribution >= 0.6 is 0 Å². The van der Waals surface area contributed by atoms with Gasteiger partial charge in [-0.15, -0.1) is 0 Å². The SMILES string of the molecule is CC(C)C[C@@H](NC(=O)CN1CCN(c2ccccn2)CC1)C(=O)O. The van der Waals surface area contributed by atoms with Crippen molar-refractivity contribution in [3.05, 3.63) is 24.4 Å². The summed E-state index contributed by atoms with van der Waals surface area (Å²) in [5, 5.41) is 11.8. The molecule has 1 atom stereocenters. The number of carbonyl (C=O) groups excluding carboxylic acids is 1. The molecule has 7 nitrogen and oxygen atoms in total. The second-order valence-corrected chi connectivity index (χ2v) is 6.54. The second-order valence-electron chi connectivity index (χ2n) is 6.54. The van der Waals surface area contributed by atoms with Gasteiger partial charge >= 0.3 is 5.97 Å². The van der Waals surface area contributed by atoms with Gasteiger partial charge in [-0.05, 0) is 24.5 Å². The largest absolute Gasteiger partial charge is 0.480 e. The molecule has 0 aliphatic carbocycles. The molecule has 1 fully saturated rings. The first kappa shape index (κ1) is 18.2. The number of nitrogens with zero attached hydrogens (tertiary/aromatic N) is 3. The minimum atomic E-state index is -0.975. The average Bonchev–Trinajstić information content (AvgIpc) is 2.55. The van der Waals surface area contributed by atoms with Gasteiger partial charge in [-0.3, -0.25) is 9.69 Å². The van der Waals surface area contributed by atoms with Crippen LogP contribution in [-0.2, 0) is 9.59 Å². The van der Waals surface area contributed by atoms with Crippen molar-refractivity contribution < 1.29 is 14.7 Å². The van der Waals surface area contributed by atoms with E-state index in [2.05, 4.69) is 15.2 Å². The summed E-state index contributed by atoms with van der Waals surface area (Å²) >= 11 is 0. The van der Waals surface area contributed by atoms with Crippen molar-refractivity contribution in [1.82, 2.24) is 15.2 Å². The normalized spacial score (nSPS) is 16.9. The quantitative estimate of drug-likeness (QED) is 0.768. The van der Waals surface area contributed by atoms with E-state index in [-0.39, 0.29) is 18.4 Å². The molecule has 132 valence electrons. The van der Waals surface area contributed by atoms with Crippen LogP contribution in [0.1, 0.15) is 20.3 Å². The number of piperazine rings is 1. The summed E-state index contributed by atoms with van der Waals surface area (Å²) < 4.78 is 0. The highest BCUT2D eigenvalue weighted by molar-refractivity contribution is 5.84. The summed E-state index contributed by atoms with van der Waals surface area (Å²) in [6, 6.07) is 5.02. The topological polar surface area (TPSA) is 85.8 Å². The molecule has 1 saturated heterocycles. The first-order valence-electron chi connectivity index (χ1n) is 8.36. The predicted molar refractivity (Wildman–Crippen MR) is 91.9 cm³/mol. The van der Waals surface area contributed by atoms with Crippen molar-refractivity contribution in [2.45, 2.75) is 26.3 Å². The molecule has 2 heterocycles. The van der Waals surface area contributed by atoms with Crippen LogP contribution in [0.25, 0.3) is 0 Å². The summed E-state index contributed by atoms with van der Waals surface area (Å²) in [4.78, 5) is 31.9. The number of carboxylic acid groups (broad SMARTS) is 1. The van der Waals surface area contributed by atoms with Crippen LogP contribution in [0.4, 0.5) is 5.82 Å². The maximum Gasteiger partial charge on any atom is 0.326 e. The van der Waals surface area contributed by atoms with Crippen LogP contribution in [0.5, 0.6) is 0 Å². The minimum absolute atomic E-state index is 0.216. The first-order valence-corrected chi connectivity index (χ1v) is 8.36. The van der Waals surface area contributed by atoms with E-state index < -0.39 is 12.0 Å². The van der Waals surface area contributed by atoms with Crippen molar-refractivity contribution in [3.63, 3.8) is 0 Å². The third kappa shape index (κ3) is 5.49. The maximum absolute atomic E-state index is 12.1. The van der Waals surface area contributed by atoms with Gasteiger partial charge in [0, 0.05) is 32.4 Å². The smallest absolute Gasteiger partial charge is 0.326 e. The Morgan fingerprint density at radius 1 is 1.25 bits per heavy atom. The summed E-state index contributed by atoms with van der Waals surface area (Å²) in [6.45, 7) is 7.24. The van der Waals surface area contributed by atoms with Gasteiger partial charge in [0.05, 0.1) is 6.54 Å². The molecule has 0 saturated carbocycles. The van der Waals surface area contributed by atoms with Crippen molar-refractivity contribution in [2.24, 2.45) is 5.92 Å². The highest BCUT2D eigenvalue weighted by atomic mass is 16.4. The van der Waals surface area contributed by atoms with Gasteiger partial charge in [-0.1, -0.05) is 19.9 Å². The number of aromatic nitrogens is 1. The molecule has 2 rings (SSSR count). The van der Waals surface area contributed by atoms with E-state index in [1.807, 2.05) is 36.9 Å². The molecule has 1 aromatic heterocycles. The van der Waals surface area contributed by atoms with Gasteiger partial charge in [0.25, 0.3) is 0 Å². The summed E-state index contributed by atoms with van der Waals surface area (Å²) in [5.74, 6) is -0.0378. The van der Waals surface area contributed by atoms with Crippen molar-refractivity contribution >= 4 is 17.7 Å². The van der Waals surface area contributed by atoms with Crippen LogP contribution in [0.3, 0.4) is 0 Å². The Morgan fingerprint density at radius 3 is 2.50 bits per heavy atom. The van der Waals surface area contributed by atoms with Gasteiger partial charge < -0.3 is 15.3 Å². The lowest BCUT2D eigenvalue weighted by Crippen LogP contribution is -2.51. The average molecular weight is 334 g/mol. The van der Waals surface area contributed by atoms with E-state index in [0.29, 0.717) is 6.42 Å². The second kappa shape index (κ2) is 8.63. The molecule has 7 heteroatoms. The van der Waals surface area contributed by atoms with Crippen LogP contribution in [-0.4, -0.2) is 65.6 Å². The fourth-order valence-corrected chi connectivity index (χ4v) is 2.81. The van der Waals surface area contributed by atoms with Crippen LogP contribution in [0, 0.1) is 5.92 Å². The number of hydrogen-bond donors (Lipinski definition) is 2. The zero-order chi connectivity index (χ0) is 17.5. The fourth-order valence-electron chi connectivity index (χ4n) is 2.81. The standard InChI is InChI=1S/C17H26N4O3/c1-13(2)11-14(17(23)24)19-16(22)12-20-7-9-21(10-8-20)15-5-3-4-6-18-15/h3-6,13-14H,7-12H2,1-2H3,(H,19,22)(H,23,24)/t14-/m1/s1. The van der Waals surface area contributed by atoms with E-state index >= 15 is 0 Å². The monoisotopic (exact) mass is 334 g/mol. The Kier molecular flexibility index (Phi) is 6.54. The highest BCUT2D eigenvalue weighted by Crippen LogP contribution is 2.12. The number of carbonyl (C=O) groups is 2. The molecular weight excluding hydrogens is 308 g/mol. The van der Waals surface area contributed by atoms with Crippen LogP contribution in [0.15, 0.2) is 24.4 Å². The van der Waals surface area contributed by atoms with Gasteiger partial charge in [-0.2, -0.15) is 0 Å². The molecule has 0 radical (unpaired) electrons.